The van der Waals surface area contributed by atoms with Crippen LogP contribution in [0.3, 0.4) is 0 Å². The van der Waals surface area contributed by atoms with Gasteiger partial charge in [-0.3, -0.25) is 9.69 Å². The summed E-state index contributed by atoms with van der Waals surface area (Å²) in [6.45, 7) is 10.4. The van der Waals surface area contributed by atoms with Gasteiger partial charge in [-0.05, 0) is 44.0 Å². The third-order valence-corrected chi connectivity index (χ3v) is 5.35. The van der Waals surface area contributed by atoms with Gasteiger partial charge in [0.2, 0.25) is 5.91 Å². The molecule has 1 aromatic heterocycles. The Bertz CT molecular complexity index is 532. The molecule has 2 saturated heterocycles. The van der Waals surface area contributed by atoms with Gasteiger partial charge in [-0.2, -0.15) is 0 Å². The molecule has 0 aromatic carbocycles. The molecule has 0 aliphatic carbocycles. The lowest BCUT2D eigenvalue weighted by atomic mass is 9.96. The number of rotatable bonds is 6. The molecular weight excluding hydrogens is 385 g/mol. The zero-order valence-electron chi connectivity index (χ0n) is 16.2. The molecule has 1 aromatic rings. The molecule has 2 aliphatic rings. The van der Waals surface area contributed by atoms with Gasteiger partial charge in [-0.15, -0.1) is 24.8 Å². The fraction of sp³-hybridized carbons (Fsp3) is 0.684. The van der Waals surface area contributed by atoms with E-state index in [0.29, 0.717) is 12.5 Å². The number of amides is 1. The lowest BCUT2D eigenvalue weighted by molar-refractivity contribution is -0.133. The van der Waals surface area contributed by atoms with Gasteiger partial charge >= 0.3 is 0 Å². The number of piperazine rings is 1. The van der Waals surface area contributed by atoms with Gasteiger partial charge in [0.15, 0.2) is 0 Å². The monoisotopic (exact) mass is 417 g/mol. The molecule has 0 saturated carbocycles. The van der Waals surface area contributed by atoms with E-state index in [2.05, 4.69) is 38.0 Å². The second kappa shape index (κ2) is 12.4. The van der Waals surface area contributed by atoms with Crippen molar-refractivity contribution in [3.8, 4) is 0 Å². The van der Waals surface area contributed by atoms with Crippen molar-refractivity contribution in [1.82, 2.24) is 20.1 Å². The van der Waals surface area contributed by atoms with E-state index in [-0.39, 0.29) is 24.8 Å². The normalized spacial score (nSPS) is 18.6. The van der Waals surface area contributed by atoms with E-state index in [0.717, 1.165) is 76.9 Å². The van der Waals surface area contributed by atoms with Gasteiger partial charge in [0.25, 0.3) is 0 Å². The number of pyridine rings is 1. The van der Waals surface area contributed by atoms with Crippen molar-refractivity contribution in [2.24, 2.45) is 5.92 Å². The summed E-state index contributed by atoms with van der Waals surface area (Å²) in [6, 6.07) is 6.02. The first-order valence-corrected chi connectivity index (χ1v) is 9.63. The summed E-state index contributed by atoms with van der Waals surface area (Å²) in [5.74, 6) is 2.07. The van der Waals surface area contributed by atoms with Gasteiger partial charge < -0.3 is 15.1 Å². The third-order valence-electron chi connectivity index (χ3n) is 5.35. The Morgan fingerprint density at radius 3 is 2.41 bits per heavy atom. The van der Waals surface area contributed by atoms with Crippen LogP contribution in [0.1, 0.15) is 19.8 Å². The summed E-state index contributed by atoms with van der Waals surface area (Å²) in [5, 5.41) is 3.42. The van der Waals surface area contributed by atoms with Gasteiger partial charge in [-0.1, -0.05) is 13.0 Å². The molecule has 0 spiro atoms. The number of nitrogens with zero attached hydrogens (tertiary/aromatic N) is 4. The quantitative estimate of drug-likeness (QED) is 0.765. The van der Waals surface area contributed by atoms with Crippen LogP contribution in [0.5, 0.6) is 0 Å². The summed E-state index contributed by atoms with van der Waals surface area (Å²) in [5.41, 5.74) is 0. The van der Waals surface area contributed by atoms with Crippen LogP contribution in [-0.4, -0.2) is 79.6 Å². The summed E-state index contributed by atoms with van der Waals surface area (Å²) in [6.07, 6.45) is 4.10. The summed E-state index contributed by atoms with van der Waals surface area (Å²) < 4.78 is 0. The molecule has 0 atom stereocenters. The van der Waals surface area contributed by atoms with E-state index in [1.165, 1.54) is 0 Å². The second-order valence-electron chi connectivity index (χ2n) is 7.08. The van der Waals surface area contributed by atoms with E-state index in [1.807, 2.05) is 18.3 Å². The van der Waals surface area contributed by atoms with Crippen LogP contribution in [0.4, 0.5) is 5.82 Å². The molecule has 0 unspecified atom stereocenters. The van der Waals surface area contributed by atoms with Crippen LogP contribution >= 0.6 is 24.8 Å². The number of hydrogen-bond donors (Lipinski definition) is 1. The predicted molar refractivity (Wildman–Crippen MR) is 115 cm³/mol. The van der Waals surface area contributed by atoms with Crippen molar-refractivity contribution in [1.29, 1.82) is 0 Å². The average Bonchev–Trinajstić information content (AvgIpc) is 2.68. The van der Waals surface area contributed by atoms with Crippen LogP contribution in [0, 0.1) is 5.92 Å². The first-order chi connectivity index (χ1) is 12.3. The first kappa shape index (κ1) is 24.0. The minimum atomic E-state index is 0. The predicted octanol–water partition coefficient (Wildman–Crippen LogP) is 1.90. The lowest BCUT2D eigenvalue weighted by Crippen LogP contribution is -2.51. The molecule has 6 nitrogen and oxygen atoms in total. The number of piperidine rings is 1. The zero-order chi connectivity index (χ0) is 17.5. The maximum Gasteiger partial charge on any atom is 0.236 e. The highest BCUT2D eigenvalue weighted by Gasteiger charge is 2.25. The van der Waals surface area contributed by atoms with Gasteiger partial charge in [0.1, 0.15) is 5.82 Å². The Labute approximate surface area is 175 Å². The van der Waals surface area contributed by atoms with Crippen molar-refractivity contribution in [2.45, 2.75) is 19.8 Å². The van der Waals surface area contributed by atoms with Gasteiger partial charge in [0.05, 0.1) is 6.54 Å². The number of carbonyl (C=O) groups is 1. The van der Waals surface area contributed by atoms with Gasteiger partial charge in [0, 0.05) is 45.5 Å². The maximum atomic E-state index is 12.6. The number of nitrogens with one attached hydrogen (secondary N) is 1. The van der Waals surface area contributed by atoms with Gasteiger partial charge in [-0.25, -0.2) is 4.98 Å². The van der Waals surface area contributed by atoms with Crippen LogP contribution in [0.15, 0.2) is 24.4 Å². The molecular formula is C19H33Cl2N5O. The SMILES string of the molecule is CCNCC1CCN(C(=O)CN2CCN(c3ccccn3)CC2)CC1.Cl.Cl. The summed E-state index contributed by atoms with van der Waals surface area (Å²) in [4.78, 5) is 23.6. The smallest absolute Gasteiger partial charge is 0.236 e. The van der Waals surface area contributed by atoms with Crippen molar-refractivity contribution >= 4 is 36.5 Å². The number of likely N-dealkylation sites (tertiary alicyclic amines) is 1. The number of halogens is 2. The number of carbonyl (C=O) groups excluding carboxylic acids is 1. The fourth-order valence-corrected chi connectivity index (χ4v) is 3.70. The number of hydrogen-bond acceptors (Lipinski definition) is 5. The maximum absolute atomic E-state index is 12.6. The zero-order valence-corrected chi connectivity index (χ0v) is 17.8. The highest BCUT2D eigenvalue weighted by atomic mass is 35.5. The summed E-state index contributed by atoms with van der Waals surface area (Å²) in [7, 11) is 0. The van der Waals surface area contributed by atoms with Crippen LogP contribution < -0.4 is 10.2 Å². The van der Waals surface area contributed by atoms with E-state index in [4.69, 9.17) is 0 Å². The topological polar surface area (TPSA) is 51.7 Å². The van der Waals surface area contributed by atoms with Crippen molar-refractivity contribution < 1.29 is 4.79 Å². The largest absolute Gasteiger partial charge is 0.354 e. The fourth-order valence-electron chi connectivity index (χ4n) is 3.70. The molecule has 1 N–H and O–H groups in total. The molecule has 27 heavy (non-hydrogen) atoms. The minimum Gasteiger partial charge on any atom is -0.354 e. The average molecular weight is 418 g/mol. The highest BCUT2D eigenvalue weighted by Crippen LogP contribution is 2.17. The van der Waals surface area contributed by atoms with Crippen molar-refractivity contribution in [3.63, 3.8) is 0 Å². The Hall–Kier alpha value is -1.08. The molecule has 0 radical (unpaired) electrons. The summed E-state index contributed by atoms with van der Waals surface area (Å²) >= 11 is 0. The van der Waals surface area contributed by atoms with Crippen molar-refractivity contribution in [2.75, 3.05) is 63.8 Å². The Kier molecular flexibility index (Phi) is 11.0. The van der Waals surface area contributed by atoms with Crippen molar-refractivity contribution in [3.05, 3.63) is 24.4 Å². The first-order valence-electron chi connectivity index (χ1n) is 9.63. The standard InChI is InChI=1S/C19H31N5O.2ClH/c1-2-20-15-17-6-9-24(10-7-17)19(25)16-22-11-13-23(14-12-22)18-5-3-4-8-21-18;;/h3-5,8,17,20H,2,6-7,9-16H2,1H3;2*1H. The Balaban J connectivity index is 0.00000182. The third kappa shape index (κ3) is 7.11. The molecule has 3 rings (SSSR count). The molecule has 154 valence electrons. The van der Waals surface area contributed by atoms with E-state index < -0.39 is 0 Å². The Morgan fingerprint density at radius 2 is 1.81 bits per heavy atom. The highest BCUT2D eigenvalue weighted by molar-refractivity contribution is 5.85. The minimum absolute atomic E-state index is 0. The lowest BCUT2D eigenvalue weighted by Gasteiger charge is -2.37. The molecule has 0 bridgehead atoms. The van der Waals surface area contributed by atoms with E-state index in [9.17, 15) is 4.79 Å². The van der Waals surface area contributed by atoms with E-state index >= 15 is 0 Å². The molecule has 1 amide bonds. The molecule has 2 fully saturated rings. The van der Waals surface area contributed by atoms with E-state index in [1.54, 1.807) is 0 Å². The second-order valence-corrected chi connectivity index (χ2v) is 7.08. The number of anilines is 1. The number of aromatic nitrogens is 1. The molecule has 2 aliphatic heterocycles. The molecule has 3 heterocycles. The van der Waals surface area contributed by atoms with Crippen LogP contribution in [-0.2, 0) is 4.79 Å². The van der Waals surface area contributed by atoms with Crippen LogP contribution in [0.2, 0.25) is 0 Å². The van der Waals surface area contributed by atoms with Crippen LogP contribution in [0.25, 0.3) is 0 Å². The molecule has 8 heteroatoms. The Morgan fingerprint density at radius 1 is 1.11 bits per heavy atom.